The molecule has 1 heterocycles. The van der Waals surface area contributed by atoms with Gasteiger partial charge in [0.1, 0.15) is 0 Å². The largest absolute Gasteiger partial charge is 0.381 e. The first-order chi connectivity index (χ1) is 9.63. The second-order valence-electron chi connectivity index (χ2n) is 5.13. The van der Waals surface area contributed by atoms with Crippen LogP contribution in [0.4, 0.5) is 5.69 Å². The van der Waals surface area contributed by atoms with E-state index in [1.54, 1.807) is 19.2 Å². The highest BCUT2D eigenvalue weighted by molar-refractivity contribution is 6.33. The molecule has 0 saturated carbocycles. The highest BCUT2D eigenvalue weighted by Crippen LogP contribution is 2.26. The highest BCUT2D eigenvalue weighted by Gasteiger charge is 2.19. The van der Waals surface area contributed by atoms with E-state index in [4.69, 9.17) is 11.6 Å². The molecule has 20 heavy (non-hydrogen) atoms. The minimum atomic E-state index is -0.0921. The first-order valence-corrected chi connectivity index (χ1v) is 7.52. The summed E-state index contributed by atoms with van der Waals surface area (Å²) in [6.45, 7) is 5.53. The summed E-state index contributed by atoms with van der Waals surface area (Å²) in [7, 11) is 1.63. The van der Waals surface area contributed by atoms with E-state index in [9.17, 15) is 4.79 Å². The zero-order valence-corrected chi connectivity index (χ0v) is 12.8. The summed E-state index contributed by atoms with van der Waals surface area (Å²) in [5.41, 5.74) is 1.48. The first-order valence-electron chi connectivity index (χ1n) is 7.14. The number of piperidine rings is 1. The van der Waals surface area contributed by atoms with Crippen molar-refractivity contribution in [3.63, 3.8) is 0 Å². The first kappa shape index (κ1) is 15.1. The van der Waals surface area contributed by atoms with Gasteiger partial charge in [-0.15, -0.1) is 0 Å². The van der Waals surface area contributed by atoms with Crippen molar-refractivity contribution in [3.05, 3.63) is 28.8 Å². The van der Waals surface area contributed by atoms with Gasteiger partial charge >= 0.3 is 0 Å². The summed E-state index contributed by atoms with van der Waals surface area (Å²) in [6.07, 6.45) is 2.21. The molecule has 2 N–H and O–H groups in total. The van der Waals surface area contributed by atoms with Crippen molar-refractivity contribution in [3.8, 4) is 0 Å². The Morgan fingerprint density at radius 1 is 1.40 bits per heavy atom. The fourth-order valence-electron chi connectivity index (χ4n) is 2.53. The van der Waals surface area contributed by atoms with E-state index < -0.39 is 0 Å². The van der Waals surface area contributed by atoms with Crippen molar-refractivity contribution < 1.29 is 4.79 Å². The maximum Gasteiger partial charge on any atom is 0.251 e. The molecule has 0 aromatic heterocycles. The minimum absolute atomic E-state index is 0.0921. The van der Waals surface area contributed by atoms with E-state index in [1.165, 1.54) is 0 Å². The van der Waals surface area contributed by atoms with E-state index in [0.717, 1.165) is 38.2 Å². The number of carbonyl (C=O) groups excluding carboxylic acids is 1. The lowest BCUT2D eigenvalue weighted by atomic mass is 10.0. The smallest absolute Gasteiger partial charge is 0.251 e. The van der Waals surface area contributed by atoms with Crippen molar-refractivity contribution in [2.24, 2.45) is 0 Å². The number of anilines is 1. The Bertz CT molecular complexity index is 470. The lowest BCUT2D eigenvalue weighted by molar-refractivity contribution is 0.0963. The molecule has 1 aliphatic heterocycles. The maximum atomic E-state index is 11.7. The van der Waals surface area contributed by atoms with Gasteiger partial charge in [0.25, 0.3) is 5.91 Å². The van der Waals surface area contributed by atoms with Gasteiger partial charge in [-0.25, -0.2) is 0 Å². The molecule has 0 radical (unpaired) electrons. The molecule has 1 aromatic rings. The van der Waals surface area contributed by atoms with Gasteiger partial charge in [-0.2, -0.15) is 0 Å². The van der Waals surface area contributed by atoms with Gasteiger partial charge in [0.15, 0.2) is 0 Å². The number of carbonyl (C=O) groups is 1. The predicted octanol–water partition coefficient (Wildman–Crippen LogP) is 2.60. The summed E-state index contributed by atoms with van der Waals surface area (Å²) < 4.78 is 0. The van der Waals surface area contributed by atoms with Crippen LogP contribution in [-0.2, 0) is 0 Å². The monoisotopic (exact) mass is 295 g/mol. The van der Waals surface area contributed by atoms with Crippen LogP contribution in [0.2, 0.25) is 5.02 Å². The third kappa shape index (κ3) is 3.64. The third-order valence-electron chi connectivity index (χ3n) is 3.85. The van der Waals surface area contributed by atoms with E-state index in [-0.39, 0.29) is 5.91 Å². The van der Waals surface area contributed by atoms with Crippen molar-refractivity contribution in [1.29, 1.82) is 0 Å². The van der Waals surface area contributed by atoms with Gasteiger partial charge < -0.3 is 15.5 Å². The number of nitrogens with one attached hydrogen (secondary N) is 2. The van der Waals surface area contributed by atoms with Crippen LogP contribution in [0.25, 0.3) is 0 Å². The van der Waals surface area contributed by atoms with Crippen LogP contribution in [0.1, 0.15) is 30.1 Å². The van der Waals surface area contributed by atoms with E-state index in [0.29, 0.717) is 16.6 Å². The van der Waals surface area contributed by atoms with E-state index >= 15 is 0 Å². The summed E-state index contributed by atoms with van der Waals surface area (Å²) in [4.78, 5) is 14.1. The van der Waals surface area contributed by atoms with Gasteiger partial charge in [-0.1, -0.05) is 18.5 Å². The van der Waals surface area contributed by atoms with Crippen LogP contribution in [0.5, 0.6) is 0 Å². The number of likely N-dealkylation sites (tertiary alicyclic amines) is 1. The fraction of sp³-hybridized carbons (Fsp3) is 0.533. The zero-order chi connectivity index (χ0) is 14.5. The van der Waals surface area contributed by atoms with Crippen LogP contribution in [0.3, 0.4) is 0 Å². The number of benzene rings is 1. The number of hydrogen-bond donors (Lipinski definition) is 2. The van der Waals surface area contributed by atoms with Crippen LogP contribution >= 0.6 is 11.6 Å². The Morgan fingerprint density at radius 2 is 2.10 bits per heavy atom. The Balaban J connectivity index is 2.03. The van der Waals surface area contributed by atoms with Crippen LogP contribution < -0.4 is 10.6 Å². The lowest BCUT2D eigenvalue weighted by Crippen LogP contribution is -2.38. The lowest BCUT2D eigenvalue weighted by Gasteiger charge is -2.32. The minimum Gasteiger partial charge on any atom is -0.381 e. The molecular weight excluding hydrogens is 274 g/mol. The van der Waals surface area contributed by atoms with Crippen molar-refractivity contribution in [2.45, 2.75) is 25.8 Å². The second-order valence-corrected chi connectivity index (χ2v) is 5.53. The van der Waals surface area contributed by atoms with Crippen molar-refractivity contribution in [2.75, 3.05) is 32.0 Å². The molecule has 0 aliphatic carbocycles. The number of nitrogens with zero attached hydrogens (tertiary/aromatic N) is 1. The Hall–Kier alpha value is -1.26. The number of rotatable bonds is 4. The summed E-state index contributed by atoms with van der Waals surface area (Å²) in [6, 6.07) is 5.77. The molecule has 5 heteroatoms. The topological polar surface area (TPSA) is 44.4 Å². The molecule has 4 nitrogen and oxygen atoms in total. The Morgan fingerprint density at radius 3 is 2.70 bits per heavy atom. The predicted molar refractivity (Wildman–Crippen MR) is 83.6 cm³/mol. The maximum absolute atomic E-state index is 11.7. The normalized spacial score (nSPS) is 16.9. The summed E-state index contributed by atoms with van der Waals surface area (Å²) >= 11 is 6.21. The molecule has 0 bridgehead atoms. The van der Waals surface area contributed by atoms with Gasteiger partial charge in [0, 0.05) is 31.7 Å². The fourth-order valence-corrected chi connectivity index (χ4v) is 2.71. The molecule has 0 spiro atoms. The van der Waals surface area contributed by atoms with Gasteiger partial charge in [-0.05, 0) is 37.6 Å². The Labute approximate surface area is 125 Å². The highest BCUT2D eigenvalue weighted by atomic mass is 35.5. The SMILES string of the molecule is CCN1CCC(Nc2cc(C(=O)NC)ccc2Cl)CC1. The standard InChI is InChI=1S/C15H22ClN3O/c1-3-19-8-6-12(7-9-19)18-14-10-11(15(20)17-2)4-5-13(14)16/h4-5,10,12,18H,3,6-9H2,1-2H3,(H,17,20). The van der Waals surface area contributed by atoms with Gasteiger partial charge in [-0.3, -0.25) is 4.79 Å². The summed E-state index contributed by atoms with van der Waals surface area (Å²) in [5, 5.41) is 6.77. The average molecular weight is 296 g/mol. The number of amides is 1. The van der Waals surface area contributed by atoms with E-state index in [1.807, 2.05) is 6.07 Å². The molecule has 0 unspecified atom stereocenters. The average Bonchev–Trinajstić information content (AvgIpc) is 2.49. The molecule has 110 valence electrons. The number of halogens is 1. The quantitative estimate of drug-likeness (QED) is 0.897. The Kier molecular flexibility index (Phi) is 5.26. The van der Waals surface area contributed by atoms with Crippen molar-refractivity contribution >= 4 is 23.2 Å². The van der Waals surface area contributed by atoms with Gasteiger partial charge in [0.05, 0.1) is 10.7 Å². The zero-order valence-electron chi connectivity index (χ0n) is 12.1. The molecule has 1 amide bonds. The van der Waals surface area contributed by atoms with E-state index in [2.05, 4.69) is 22.5 Å². The molecule has 0 atom stereocenters. The molecule has 1 aliphatic rings. The number of hydrogen-bond acceptors (Lipinski definition) is 3. The molecule has 1 saturated heterocycles. The molecule has 2 rings (SSSR count). The van der Waals surface area contributed by atoms with Crippen LogP contribution in [0.15, 0.2) is 18.2 Å². The molecular formula is C15H22ClN3O. The second kappa shape index (κ2) is 6.95. The van der Waals surface area contributed by atoms with Crippen LogP contribution in [-0.4, -0.2) is 43.5 Å². The van der Waals surface area contributed by atoms with Gasteiger partial charge in [0.2, 0.25) is 0 Å². The van der Waals surface area contributed by atoms with Crippen LogP contribution in [0, 0.1) is 0 Å². The van der Waals surface area contributed by atoms with Crippen molar-refractivity contribution in [1.82, 2.24) is 10.2 Å². The summed E-state index contributed by atoms with van der Waals surface area (Å²) in [5.74, 6) is -0.0921. The molecule has 1 fully saturated rings. The third-order valence-corrected chi connectivity index (χ3v) is 4.18. The molecule has 1 aromatic carbocycles.